The van der Waals surface area contributed by atoms with E-state index < -0.39 is 0 Å². The summed E-state index contributed by atoms with van der Waals surface area (Å²) in [5.41, 5.74) is 2.94. The number of benzene rings is 1. The summed E-state index contributed by atoms with van der Waals surface area (Å²) in [7, 11) is 0. The van der Waals surface area contributed by atoms with E-state index in [4.69, 9.17) is 0 Å². The van der Waals surface area contributed by atoms with Crippen LogP contribution in [-0.4, -0.2) is 45.7 Å². The van der Waals surface area contributed by atoms with E-state index >= 15 is 0 Å². The van der Waals surface area contributed by atoms with E-state index in [0.717, 1.165) is 42.8 Å². The molecule has 3 heterocycles. The molecule has 0 amide bonds. The molecule has 0 atom stereocenters. The molecule has 0 bridgehead atoms. The third-order valence-electron chi connectivity index (χ3n) is 5.34. The van der Waals surface area contributed by atoms with Crippen LogP contribution >= 0.6 is 0 Å². The molecule has 4 aromatic rings. The number of hydrogen-bond acceptors (Lipinski definition) is 7. The number of rotatable bonds is 10. The maximum atomic E-state index is 12.3. The maximum Gasteiger partial charge on any atom is 0.222 e. The molecule has 0 fully saturated rings. The van der Waals surface area contributed by atoms with E-state index in [1.54, 1.807) is 6.07 Å². The molecule has 0 aliphatic carbocycles. The van der Waals surface area contributed by atoms with Gasteiger partial charge in [0.05, 0.1) is 12.1 Å². The zero-order valence-corrected chi connectivity index (χ0v) is 18.7. The zero-order valence-electron chi connectivity index (χ0n) is 18.7. The first-order valence-corrected chi connectivity index (χ1v) is 11.1. The van der Waals surface area contributed by atoms with Crippen molar-refractivity contribution in [2.75, 3.05) is 0 Å². The number of tetrazole rings is 1. The highest BCUT2D eigenvalue weighted by molar-refractivity contribution is 5.92. The standard InChI is InChI=1S/C23H25N9O/c1-3-5-7-20-25-22(19(33)6-4-2)28-32(20)15-16-8-10-18(11-9-16)31-13-12-17(14-24)21(31)23-26-29-30-27-23/h8-13H,3-7,15H2,1-2H3,(H,26,27,29,30). The lowest BCUT2D eigenvalue weighted by Gasteiger charge is -2.10. The normalized spacial score (nSPS) is 10.9. The summed E-state index contributed by atoms with van der Waals surface area (Å²) in [5.74, 6) is 1.48. The van der Waals surface area contributed by atoms with Crippen LogP contribution in [0.4, 0.5) is 0 Å². The Morgan fingerprint density at radius 1 is 1.15 bits per heavy atom. The molecule has 4 rings (SSSR count). The number of carbonyl (C=O) groups is 1. The molecule has 10 nitrogen and oxygen atoms in total. The lowest BCUT2D eigenvalue weighted by molar-refractivity contribution is 0.0971. The molecule has 33 heavy (non-hydrogen) atoms. The van der Waals surface area contributed by atoms with Gasteiger partial charge in [-0.15, -0.1) is 15.3 Å². The van der Waals surface area contributed by atoms with Gasteiger partial charge in [-0.2, -0.15) is 10.5 Å². The highest BCUT2D eigenvalue weighted by atomic mass is 16.1. The number of aromatic amines is 1. The highest BCUT2D eigenvalue weighted by Crippen LogP contribution is 2.25. The van der Waals surface area contributed by atoms with Gasteiger partial charge >= 0.3 is 0 Å². The predicted molar refractivity (Wildman–Crippen MR) is 121 cm³/mol. The number of aryl methyl sites for hydroxylation is 1. The fraction of sp³-hybridized carbons (Fsp3) is 0.348. The first-order chi connectivity index (χ1) is 16.1. The van der Waals surface area contributed by atoms with Crippen molar-refractivity contribution < 1.29 is 4.79 Å². The Labute approximate surface area is 191 Å². The quantitative estimate of drug-likeness (QED) is 0.371. The van der Waals surface area contributed by atoms with Crippen molar-refractivity contribution in [3.05, 3.63) is 59.3 Å². The summed E-state index contributed by atoms with van der Waals surface area (Å²) in [6.45, 7) is 4.63. The second-order valence-electron chi connectivity index (χ2n) is 7.75. The third kappa shape index (κ3) is 4.72. The molecule has 0 spiro atoms. The maximum absolute atomic E-state index is 12.3. The van der Waals surface area contributed by atoms with E-state index in [1.807, 2.05) is 46.6 Å². The summed E-state index contributed by atoms with van der Waals surface area (Å²) in [6.07, 6.45) is 5.87. The third-order valence-corrected chi connectivity index (χ3v) is 5.34. The molecule has 1 aromatic carbocycles. The van der Waals surface area contributed by atoms with Crippen molar-refractivity contribution >= 4 is 5.78 Å². The van der Waals surface area contributed by atoms with Crippen LogP contribution in [0.3, 0.4) is 0 Å². The molecule has 3 aromatic heterocycles. The Hall–Kier alpha value is -4.13. The zero-order chi connectivity index (χ0) is 23.2. The SMILES string of the molecule is CCCCc1nc(C(=O)CCC)nn1Cc1ccc(-n2ccc(C#N)c2-c2nn[nH]n2)cc1. The lowest BCUT2D eigenvalue weighted by atomic mass is 10.2. The van der Waals surface area contributed by atoms with Crippen molar-refractivity contribution in [1.82, 2.24) is 40.0 Å². The molecular formula is C23H25N9O. The summed E-state index contributed by atoms with van der Waals surface area (Å²) in [6, 6.07) is 11.8. The van der Waals surface area contributed by atoms with Crippen LogP contribution in [0, 0.1) is 11.3 Å². The Balaban J connectivity index is 1.60. The van der Waals surface area contributed by atoms with E-state index in [2.05, 4.69) is 43.7 Å². The van der Waals surface area contributed by atoms with Crippen LogP contribution in [0.2, 0.25) is 0 Å². The first kappa shape index (κ1) is 22.1. The number of nitriles is 1. The molecule has 0 aliphatic heterocycles. The number of ketones is 1. The highest BCUT2D eigenvalue weighted by Gasteiger charge is 2.18. The fourth-order valence-electron chi connectivity index (χ4n) is 3.64. The van der Waals surface area contributed by atoms with Crippen molar-refractivity contribution in [2.45, 2.75) is 52.5 Å². The average Bonchev–Trinajstić information content (AvgIpc) is 3.58. The fourth-order valence-corrected chi connectivity index (χ4v) is 3.64. The predicted octanol–water partition coefficient (Wildman–Crippen LogP) is 3.49. The van der Waals surface area contributed by atoms with Gasteiger partial charge in [-0.05, 0) is 41.8 Å². The molecule has 0 radical (unpaired) electrons. The van der Waals surface area contributed by atoms with Crippen LogP contribution in [-0.2, 0) is 13.0 Å². The molecule has 1 N–H and O–H groups in total. The number of H-pyrrole nitrogens is 1. The summed E-state index contributed by atoms with van der Waals surface area (Å²) in [4.78, 5) is 16.8. The Kier molecular flexibility index (Phi) is 6.69. The van der Waals surface area contributed by atoms with Crippen molar-refractivity contribution in [1.29, 1.82) is 5.26 Å². The Bertz CT molecular complexity index is 1260. The summed E-state index contributed by atoms with van der Waals surface area (Å²) < 4.78 is 3.69. The van der Waals surface area contributed by atoms with Crippen molar-refractivity contribution in [3.8, 4) is 23.3 Å². The second kappa shape index (κ2) is 9.99. The second-order valence-corrected chi connectivity index (χ2v) is 7.75. The lowest BCUT2D eigenvalue weighted by Crippen LogP contribution is -2.08. The van der Waals surface area contributed by atoms with Gasteiger partial charge in [0.25, 0.3) is 0 Å². The first-order valence-electron chi connectivity index (χ1n) is 11.1. The topological polar surface area (TPSA) is 131 Å². The number of aromatic nitrogens is 8. The van der Waals surface area contributed by atoms with E-state index in [0.29, 0.717) is 35.9 Å². The molecule has 10 heteroatoms. The Morgan fingerprint density at radius 3 is 2.64 bits per heavy atom. The Morgan fingerprint density at radius 2 is 1.97 bits per heavy atom. The minimum atomic E-state index is -0.0146. The van der Waals surface area contributed by atoms with Crippen LogP contribution in [0.1, 0.15) is 67.1 Å². The molecule has 0 saturated carbocycles. The molecule has 168 valence electrons. The molecule has 0 unspecified atom stereocenters. The number of hydrogen-bond donors (Lipinski definition) is 1. The van der Waals surface area contributed by atoms with Gasteiger partial charge in [0.15, 0.2) is 0 Å². The van der Waals surface area contributed by atoms with Gasteiger partial charge in [-0.1, -0.05) is 32.4 Å². The minimum Gasteiger partial charge on any atom is -0.313 e. The van der Waals surface area contributed by atoms with E-state index in [1.165, 1.54) is 0 Å². The van der Waals surface area contributed by atoms with Gasteiger partial charge in [0.2, 0.25) is 17.4 Å². The summed E-state index contributed by atoms with van der Waals surface area (Å²) in [5, 5.41) is 28.1. The van der Waals surface area contributed by atoms with Gasteiger partial charge in [-0.25, -0.2) is 9.67 Å². The number of carbonyl (C=O) groups excluding carboxylic acids is 1. The molecule has 0 aliphatic rings. The van der Waals surface area contributed by atoms with Crippen LogP contribution in [0.25, 0.3) is 17.2 Å². The van der Waals surface area contributed by atoms with Gasteiger partial charge in [0.1, 0.15) is 17.6 Å². The number of nitrogens with zero attached hydrogens (tertiary/aromatic N) is 8. The molecular weight excluding hydrogens is 418 g/mol. The van der Waals surface area contributed by atoms with Gasteiger partial charge in [0, 0.05) is 24.7 Å². The van der Waals surface area contributed by atoms with Gasteiger partial charge < -0.3 is 4.57 Å². The average molecular weight is 444 g/mol. The van der Waals surface area contributed by atoms with Crippen LogP contribution in [0.5, 0.6) is 0 Å². The van der Waals surface area contributed by atoms with Crippen molar-refractivity contribution in [2.24, 2.45) is 0 Å². The van der Waals surface area contributed by atoms with Crippen LogP contribution in [0.15, 0.2) is 36.5 Å². The minimum absolute atomic E-state index is 0.0146. The number of nitrogens with one attached hydrogen (secondary N) is 1. The van der Waals surface area contributed by atoms with E-state index in [-0.39, 0.29) is 5.78 Å². The number of unbranched alkanes of at least 4 members (excludes halogenated alkanes) is 1. The van der Waals surface area contributed by atoms with Gasteiger partial charge in [-0.3, -0.25) is 4.79 Å². The largest absolute Gasteiger partial charge is 0.313 e. The summed E-state index contributed by atoms with van der Waals surface area (Å²) >= 11 is 0. The monoisotopic (exact) mass is 443 g/mol. The van der Waals surface area contributed by atoms with E-state index in [9.17, 15) is 10.1 Å². The van der Waals surface area contributed by atoms with Crippen molar-refractivity contribution in [3.63, 3.8) is 0 Å². The number of Topliss-reactive ketones (excluding diaryl/α,β-unsaturated/α-hetero) is 1. The van der Waals surface area contributed by atoms with Crippen LogP contribution < -0.4 is 0 Å². The smallest absolute Gasteiger partial charge is 0.222 e. The molecule has 0 saturated heterocycles.